The molecular weight excluding hydrogens is 359 g/mol. The summed E-state index contributed by atoms with van der Waals surface area (Å²) < 4.78 is 38.5. The van der Waals surface area contributed by atoms with Crippen LogP contribution in [0.1, 0.15) is 39.7 Å². The summed E-state index contributed by atoms with van der Waals surface area (Å²) in [4.78, 5) is 13.7. The second-order valence-corrected chi connectivity index (χ2v) is 7.42. The lowest BCUT2D eigenvalue weighted by atomic mass is 9.88. The van der Waals surface area contributed by atoms with Crippen LogP contribution >= 0.6 is 22.9 Å². The SMILES string of the molecule is CC1CCc2c(C(=O)Nc3cc(C(F)(F)F)ccc3Cl)csc2C1. The Hall–Kier alpha value is -1.53. The molecule has 24 heavy (non-hydrogen) atoms. The zero-order valence-electron chi connectivity index (χ0n) is 12.8. The highest BCUT2D eigenvalue weighted by Crippen LogP contribution is 2.36. The van der Waals surface area contributed by atoms with Crippen molar-refractivity contribution in [2.75, 3.05) is 5.32 Å². The number of carbonyl (C=O) groups is 1. The summed E-state index contributed by atoms with van der Waals surface area (Å²) in [5, 5.41) is 4.38. The highest BCUT2D eigenvalue weighted by atomic mass is 35.5. The van der Waals surface area contributed by atoms with Crippen LogP contribution in [-0.4, -0.2) is 5.91 Å². The average Bonchev–Trinajstić information content (AvgIpc) is 2.91. The predicted molar refractivity (Wildman–Crippen MR) is 89.9 cm³/mol. The van der Waals surface area contributed by atoms with E-state index in [0.717, 1.165) is 43.0 Å². The van der Waals surface area contributed by atoms with Crippen LogP contribution in [0.2, 0.25) is 5.02 Å². The van der Waals surface area contributed by atoms with Crippen LogP contribution in [0, 0.1) is 5.92 Å². The fourth-order valence-corrected chi connectivity index (χ4v) is 4.26. The minimum Gasteiger partial charge on any atom is -0.321 e. The first kappa shape index (κ1) is 17.3. The van der Waals surface area contributed by atoms with Crippen molar-refractivity contribution in [3.05, 3.63) is 50.2 Å². The zero-order chi connectivity index (χ0) is 17.5. The van der Waals surface area contributed by atoms with Crippen molar-refractivity contribution in [2.24, 2.45) is 5.92 Å². The lowest BCUT2D eigenvalue weighted by molar-refractivity contribution is -0.137. The van der Waals surface area contributed by atoms with Gasteiger partial charge >= 0.3 is 6.18 Å². The van der Waals surface area contributed by atoms with Gasteiger partial charge in [-0.05, 0) is 48.9 Å². The molecule has 0 aliphatic heterocycles. The van der Waals surface area contributed by atoms with E-state index in [2.05, 4.69) is 12.2 Å². The largest absolute Gasteiger partial charge is 0.416 e. The molecule has 0 radical (unpaired) electrons. The molecule has 7 heteroatoms. The van der Waals surface area contributed by atoms with Gasteiger partial charge in [0.15, 0.2) is 0 Å². The van der Waals surface area contributed by atoms with Crippen LogP contribution < -0.4 is 5.32 Å². The van der Waals surface area contributed by atoms with Crippen molar-refractivity contribution in [1.29, 1.82) is 0 Å². The number of fused-ring (bicyclic) bond motifs is 1. The third-order valence-corrected chi connectivity index (χ3v) is 5.57. The van der Waals surface area contributed by atoms with Gasteiger partial charge in [0, 0.05) is 10.3 Å². The lowest BCUT2D eigenvalue weighted by Crippen LogP contribution is -2.17. The first-order valence-corrected chi connectivity index (χ1v) is 8.79. The monoisotopic (exact) mass is 373 g/mol. The van der Waals surface area contributed by atoms with E-state index in [1.54, 1.807) is 5.38 Å². The van der Waals surface area contributed by atoms with Crippen molar-refractivity contribution < 1.29 is 18.0 Å². The van der Waals surface area contributed by atoms with E-state index < -0.39 is 17.6 Å². The Bertz CT molecular complexity index is 785. The van der Waals surface area contributed by atoms with Crippen LogP contribution in [0.25, 0.3) is 0 Å². The van der Waals surface area contributed by atoms with Crippen molar-refractivity contribution >= 4 is 34.5 Å². The number of rotatable bonds is 2. The van der Waals surface area contributed by atoms with Gasteiger partial charge < -0.3 is 5.32 Å². The number of benzene rings is 1. The van der Waals surface area contributed by atoms with E-state index >= 15 is 0 Å². The lowest BCUT2D eigenvalue weighted by Gasteiger charge is -2.19. The van der Waals surface area contributed by atoms with E-state index in [0.29, 0.717) is 11.5 Å². The Balaban J connectivity index is 1.86. The maximum absolute atomic E-state index is 12.8. The summed E-state index contributed by atoms with van der Waals surface area (Å²) in [7, 11) is 0. The number of amides is 1. The summed E-state index contributed by atoms with van der Waals surface area (Å²) >= 11 is 7.47. The van der Waals surface area contributed by atoms with Gasteiger partial charge in [-0.3, -0.25) is 4.79 Å². The number of alkyl halides is 3. The molecule has 1 atom stereocenters. The third-order valence-electron chi connectivity index (χ3n) is 4.19. The maximum Gasteiger partial charge on any atom is 0.416 e. The van der Waals surface area contributed by atoms with Gasteiger partial charge in [0.25, 0.3) is 5.91 Å². The van der Waals surface area contributed by atoms with E-state index in [1.807, 2.05) is 0 Å². The topological polar surface area (TPSA) is 29.1 Å². The first-order valence-electron chi connectivity index (χ1n) is 7.53. The number of nitrogens with one attached hydrogen (secondary N) is 1. The summed E-state index contributed by atoms with van der Waals surface area (Å²) in [5.41, 5.74) is 0.679. The summed E-state index contributed by atoms with van der Waals surface area (Å²) in [6.07, 6.45) is -1.72. The quantitative estimate of drug-likeness (QED) is 0.708. The molecule has 0 fully saturated rings. The van der Waals surface area contributed by atoms with Gasteiger partial charge in [-0.2, -0.15) is 13.2 Å². The molecule has 3 rings (SSSR count). The zero-order valence-corrected chi connectivity index (χ0v) is 14.4. The highest BCUT2D eigenvalue weighted by Gasteiger charge is 2.31. The van der Waals surface area contributed by atoms with Crippen LogP contribution in [0.5, 0.6) is 0 Å². The molecule has 0 spiro atoms. The molecule has 1 N–H and O–H groups in total. The first-order chi connectivity index (χ1) is 11.3. The molecule has 1 unspecified atom stereocenters. The molecule has 0 bridgehead atoms. The number of hydrogen-bond acceptors (Lipinski definition) is 2. The fourth-order valence-electron chi connectivity index (χ4n) is 2.85. The molecule has 128 valence electrons. The number of thiophene rings is 1. The number of carbonyl (C=O) groups excluding carboxylic acids is 1. The van der Waals surface area contributed by atoms with Gasteiger partial charge in [0.1, 0.15) is 0 Å². The van der Waals surface area contributed by atoms with Crippen LogP contribution in [0.3, 0.4) is 0 Å². The van der Waals surface area contributed by atoms with Gasteiger partial charge in [0.05, 0.1) is 21.8 Å². The number of anilines is 1. The Morgan fingerprint density at radius 3 is 2.83 bits per heavy atom. The fraction of sp³-hybridized carbons (Fsp3) is 0.353. The molecule has 2 aromatic rings. The van der Waals surface area contributed by atoms with Crippen molar-refractivity contribution in [2.45, 2.75) is 32.4 Å². The molecule has 0 saturated carbocycles. The predicted octanol–water partition coefficient (Wildman–Crippen LogP) is 5.80. The molecular formula is C17H15ClF3NOS. The Labute approximate surface area is 146 Å². The average molecular weight is 374 g/mol. The van der Waals surface area contributed by atoms with Gasteiger partial charge in [-0.25, -0.2) is 0 Å². The van der Waals surface area contributed by atoms with E-state index in [9.17, 15) is 18.0 Å². The number of hydrogen-bond donors (Lipinski definition) is 1. The Morgan fingerprint density at radius 1 is 1.38 bits per heavy atom. The standard InChI is InChI=1S/C17H15ClF3NOS/c1-9-2-4-11-12(8-24-15(11)6-9)16(23)22-14-7-10(17(19,20)21)3-5-13(14)18/h3,5,7-9H,2,4,6H2,1H3,(H,22,23). The van der Waals surface area contributed by atoms with Crippen LogP contribution in [0.15, 0.2) is 23.6 Å². The molecule has 0 saturated heterocycles. The Kier molecular flexibility index (Phi) is 4.62. The Morgan fingerprint density at radius 2 is 2.12 bits per heavy atom. The normalized spacial score (nSPS) is 17.5. The van der Waals surface area contributed by atoms with Crippen molar-refractivity contribution in [1.82, 2.24) is 0 Å². The van der Waals surface area contributed by atoms with E-state index in [-0.39, 0.29) is 10.7 Å². The van der Waals surface area contributed by atoms with Crippen molar-refractivity contribution in [3.63, 3.8) is 0 Å². The molecule has 1 aromatic heterocycles. The summed E-state index contributed by atoms with van der Waals surface area (Å²) in [5.74, 6) is 0.174. The second kappa shape index (κ2) is 6.41. The summed E-state index contributed by atoms with van der Waals surface area (Å²) in [6, 6.07) is 2.90. The van der Waals surface area contributed by atoms with Crippen molar-refractivity contribution in [3.8, 4) is 0 Å². The molecule has 2 nitrogen and oxygen atoms in total. The van der Waals surface area contributed by atoms with Gasteiger partial charge in [-0.1, -0.05) is 18.5 Å². The maximum atomic E-state index is 12.8. The molecule has 1 heterocycles. The molecule has 1 aliphatic rings. The minimum absolute atomic E-state index is 0.0272. The van der Waals surface area contributed by atoms with Crippen LogP contribution in [-0.2, 0) is 19.0 Å². The highest BCUT2D eigenvalue weighted by molar-refractivity contribution is 7.10. The summed E-state index contributed by atoms with van der Waals surface area (Å²) in [6.45, 7) is 2.17. The van der Waals surface area contributed by atoms with Gasteiger partial charge in [0.2, 0.25) is 0 Å². The molecule has 1 aliphatic carbocycles. The molecule has 1 amide bonds. The third kappa shape index (κ3) is 3.44. The number of halogens is 4. The second-order valence-electron chi connectivity index (χ2n) is 6.05. The minimum atomic E-state index is -4.48. The van der Waals surface area contributed by atoms with Crippen LogP contribution in [0.4, 0.5) is 18.9 Å². The smallest absolute Gasteiger partial charge is 0.321 e. The van der Waals surface area contributed by atoms with E-state index in [1.165, 1.54) is 16.2 Å². The molecule has 1 aromatic carbocycles. The van der Waals surface area contributed by atoms with Gasteiger partial charge in [-0.15, -0.1) is 11.3 Å². The van der Waals surface area contributed by atoms with E-state index in [4.69, 9.17) is 11.6 Å².